The van der Waals surface area contributed by atoms with E-state index in [9.17, 15) is 9.59 Å². The number of para-hydroxylation sites is 1. The van der Waals surface area contributed by atoms with Crippen molar-refractivity contribution in [3.63, 3.8) is 0 Å². The van der Waals surface area contributed by atoms with Gasteiger partial charge in [-0.2, -0.15) is 0 Å². The molecule has 1 aliphatic carbocycles. The summed E-state index contributed by atoms with van der Waals surface area (Å²) in [6.45, 7) is 1.16. The molecule has 1 saturated carbocycles. The summed E-state index contributed by atoms with van der Waals surface area (Å²) < 4.78 is 11.2. The Labute approximate surface area is 183 Å². The molecule has 0 spiro atoms. The molecule has 6 nitrogen and oxygen atoms in total. The van der Waals surface area contributed by atoms with Crippen molar-refractivity contribution in [1.82, 2.24) is 5.32 Å². The van der Waals surface area contributed by atoms with E-state index in [0.717, 1.165) is 24.8 Å². The van der Waals surface area contributed by atoms with Crippen LogP contribution in [0.3, 0.4) is 0 Å². The first-order chi connectivity index (χ1) is 15.2. The lowest BCUT2D eigenvalue weighted by molar-refractivity contribution is -0.131. The minimum atomic E-state index is -0.558. The minimum Gasteiger partial charge on any atom is -0.446 e. The molecule has 0 unspecified atom stereocenters. The van der Waals surface area contributed by atoms with Gasteiger partial charge in [0.2, 0.25) is 5.91 Å². The van der Waals surface area contributed by atoms with Crippen LogP contribution in [0.1, 0.15) is 44.1 Å². The highest BCUT2D eigenvalue weighted by Crippen LogP contribution is 2.36. The Bertz CT molecular complexity index is 866. The summed E-state index contributed by atoms with van der Waals surface area (Å²) in [7, 11) is 0. The summed E-state index contributed by atoms with van der Waals surface area (Å²) in [5, 5.41) is 6.04. The van der Waals surface area contributed by atoms with Crippen molar-refractivity contribution in [2.24, 2.45) is 0 Å². The second-order valence-corrected chi connectivity index (χ2v) is 8.42. The fourth-order valence-electron chi connectivity index (χ4n) is 4.65. The van der Waals surface area contributed by atoms with E-state index in [2.05, 4.69) is 10.6 Å². The van der Waals surface area contributed by atoms with E-state index in [1.54, 1.807) is 0 Å². The summed E-state index contributed by atoms with van der Waals surface area (Å²) in [5.41, 5.74) is 1.19. The van der Waals surface area contributed by atoms with Gasteiger partial charge in [-0.05, 0) is 49.8 Å². The van der Waals surface area contributed by atoms with Crippen molar-refractivity contribution < 1.29 is 19.1 Å². The predicted octanol–water partition coefficient (Wildman–Crippen LogP) is 4.41. The van der Waals surface area contributed by atoms with Gasteiger partial charge in [-0.1, -0.05) is 48.5 Å². The number of nitrogens with one attached hydrogen (secondary N) is 2. The van der Waals surface area contributed by atoms with Crippen LogP contribution in [0.5, 0.6) is 0 Å². The van der Waals surface area contributed by atoms with Gasteiger partial charge in [0.15, 0.2) is 0 Å². The summed E-state index contributed by atoms with van der Waals surface area (Å²) >= 11 is 0. The van der Waals surface area contributed by atoms with Crippen molar-refractivity contribution in [1.29, 1.82) is 0 Å². The van der Waals surface area contributed by atoms with Crippen molar-refractivity contribution in [3.05, 3.63) is 66.2 Å². The van der Waals surface area contributed by atoms with Crippen molar-refractivity contribution >= 4 is 17.7 Å². The third-order valence-corrected chi connectivity index (χ3v) is 6.36. The number of amides is 2. The Morgan fingerprint density at radius 3 is 2.32 bits per heavy atom. The number of benzene rings is 2. The molecule has 2 amide bonds. The average molecular weight is 423 g/mol. The van der Waals surface area contributed by atoms with E-state index in [1.807, 2.05) is 60.7 Å². The summed E-state index contributed by atoms with van der Waals surface area (Å²) in [6.07, 6.45) is 3.95. The van der Waals surface area contributed by atoms with Gasteiger partial charge in [0, 0.05) is 31.4 Å². The molecule has 6 heteroatoms. The first-order valence-corrected chi connectivity index (χ1v) is 11.1. The number of hydrogen-bond donors (Lipinski definition) is 2. The smallest absolute Gasteiger partial charge is 0.411 e. The fraction of sp³-hybridized carbons (Fsp3) is 0.440. The maximum Gasteiger partial charge on any atom is 0.411 e. The molecular formula is C25H30N2O4. The molecule has 1 saturated heterocycles. The zero-order valence-corrected chi connectivity index (χ0v) is 17.7. The highest BCUT2D eigenvalue weighted by molar-refractivity contribution is 5.88. The monoisotopic (exact) mass is 422 g/mol. The van der Waals surface area contributed by atoms with Crippen molar-refractivity contribution in [2.45, 2.75) is 56.1 Å². The zero-order valence-electron chi connectivity index (χ0n) is 17.7. The molecule has 2 aromatic carbocycles. The average Bonchev–Trinajstić information content (AvgIpc) is 2.81. The van der Waals surface area contributed by atoms with Gasteiger partial charge in [-0.3, -0.25) is 10.1 Å². The van der Waals surface area contributed by atoms with Gasteiger partial charge in [0.25, 0.3) is 0 Å². The molecule has 1 aliphatic heterocycles. The van der Waals surface area contributed by atoms with Crippen LogP contribution in [0.4, 0.5) is 10.5 Å². The standard InChI is InChI=1S/C25H30N2O4/c28-23(25(14-16-30-17-15-25)19-8-3-1-4-9-19)26-21-12-7-13-22(18-21)31-24(29)27-20-10-5-2-6-11-20/h1-6,8-11,21-22H,7,12-18H2,(H,26,28)(H,27,29)/t21-,22-/m1/s1. The van der Waals surface area contributed by atoms with Crippen LogP contribution in [0.25, 0.3) is 0 Å². The summed E-state index contributed by atoms with van der Waals surface area (Å²) in [4.78, 5) is 25.7. The van der Waals surface area contributed by atoms with E-state index in [1.165, 1.54) is 0 Å². The van der Waals surface area contributed by atoms with Gasteiger partial charge >= 0.3 is 6.09 Å². The van der Waals surface area contributed by atoms with Crippen LogP contribution in [-0.2, 0) is 19.7 Å². The zero-order chi connectivity index (χ0) is 21.5. The molecule has 31 heavy (non-hydrogen) atoms. The SMILES string of the molecule is O=C(Nc1ccccc1)O[C@@H]1CCC[C@@H](NC(=O)C2(c3ccccc3)CCOCC2)C1. The van der Waals surface area contributed by atoms with Gasteiger partial charge in [0.1, 0.15) is 6.10 Å². The van der Waals surface area contributed by atoms with Gasteiger partial charge in [-0.15, -0.1) is 0 Å². The van der Waals surface area contributed by atoms with Crippen LogP contribution in [-0.4, -0.2) is 37.4 Å². The molecule has 2 aromatic rings. The van der Waals surface area contributed by atoms with E-state index in [4.69, 9.17) is 9.47 Å². The second-order valence-electron chi connectivity index (χ2n) is 8.42. The molecule has 2 atom stereocenters. The number of carbonyl (C=O) groups excluding carboxylic acids is 2. The Morgan fingerprint density at radius 1 is 0.935 bits per heavy atom. The molecule has 4 rings (SSSR count). The normalized spacial score (nSPS) is 22.8. The number of hydrogen-bond acceptors (Lipinski definition) is 4. The number of ether oxygens (including phenoxy) is 2. The van der Waals surface area contributed by atoms with E-state index in [-0.39, 0.29) is 18.1 Å². The Morgan fingerprint density at radius 2 is 1.61 bits per heavy atom. The summed E-state index contributed by atoms with van der Waals surface area (Å²) in [5.74, 6) is 0.0568. The first kappa shape index (κ1) is 21.4. The van der Waals surface area contributed by atoms with Crippen molar-refractivity contribution in [2.75, 3.05) is 18.5 Å². The highest BCUT2D eigenvalue weighted by atomic mass is 16.6. The Kier molecular flexibility index (Phi) is 6.87. The van der Waals surface area contributed by atoms with Crippen LogP contribution < -0.4 is 10.6 Å². The molecular weight excluding hydrogens is 392 g/mol. The largest absolute Gasteiger partial charge is 0.446 e. The first-order valence-electron chi connectivity index (χ1n) is 11.1. The van der Waals surface area contributed by atoms with Gasteiger partial charge in [-0.25, -0.2) is 4.79 Å². The van der Waals surface area contributed by atoms with E-state index >= 15 is 0 Å². The lowest BCUT2D eigenvalue weighted by Gasteiger charge is -2.38. The van der Waals surface area contributed by atoms with Crippen LogP contribution in [0, 0.1) is 0 Å². The van der Waals surface area contributed by atoms with Crippen molar-refractivity contribution in [3.8, 4) is 0 Å². The second kappa shape index (κ2) is 9.96. The number of rotatable bonds is 5. The minimum absolute atomic E-state index is 0.000734. The third-order valence-electron chi connectivity index (χ3n) is 6.36. The predicted molar refractivity (Wildman–Crippen MR) is 119 cm³/mol. The fourth-order valence-corrected chi connectivity index (χ4v) is 4.65. The third kappa shape index (κ3) is 5.25. The highest BCUT2D eigenvalue weighted by Gasteiger charge is 2.42. The van der Waals surface area contributed by atoms with Gasteiger partial charge in [0.05, 0.1) is 5.41 Å². The lowest BCUT2D eigenvalue weighted by atomic mass is 9.73. The summed E-state index contributed by atoms with van der Waals surface area (Å²) in [6, 6.07) is 19.3. The Balaban J connectivity index is 1.37. The van der Waals surface area contributed by atoms with Gasteiger partial charge < -0.3 is 14.8 Å². The Hall–Kier alpha value is -2.86. The van der Waals surface area contributed by atoms with E-state index < -0.39 is 11.5 Å². The quantitative estimate of drug-likeness (QED) is 0.748. The topological polar surface area (TPSA) is 76.7 Å². The molecule has 0 aromatic heterocycles. The molecule has 2 aliphatic rings. The van der Waals surface area contributed by atoms with Crippen LogP contribution in [0.15, 0.2) is 60.7 Å². The molecule has 1 heterocycles. The number of carbonyl (C=O) groups is 2. The van der Waals surface area contributed by atoms with E-state index in [0.29, 0.717) is 38.2 Å². The molecule has 2 N–H and O–H groups in total. The maximum atomic E-state index is 13.5. The molecule has 2 fully saturated rings. The number of anilines is 1. The maximum absolute atomic E-state index is 13.5. The lowest BCUT2D eigenvalue weighted by Crippen LogP contribution is -2.52. The van der Waals surface area contributed by atoms with Crippen LogP contribution in [0.2, 0.25) is 0 Å². The van der Waals surface area contributed by atoms with Crippen LogP contribution >= 0.6 is 0 Å². The molecule has 164 valence electrons. The molecule has 0 radical (unpaired) electrons. The molecule has 0 bridgehead atoms.